The number of carbonyl (C=O) groups excluding carboxylic acids is 1. The van der Waals surface area contributed by atoms with Gasteiger partial charge in [-0.3, -0.25) is 10.1 Å². The molecule has 10 nitrogen and oxygen atoms in total. The van der Waals surface area contributed by atoms with E-state index in [0.29, 0.717) is 31.6 Å². The first-order chi connectivity index (χ1) is 23.1. The molecule has 0 bridgehead atoms. The van der Waals surface area contributed by atoms with Crippen molar-refractivity contribution in [3.8, 4) is 5.75 Å². The van der Waals surface area contributed by atoms with Crippen LogP contribution in [-0.2, 0) is 20.8 Å². The molecule has 48 heavy (non-hydrogen) atoms. The number of aliphatic hydroxyl groups excluding tert-OH is 1. The number of aliphatic hydroxyl groups is 1. The highest BCUT2D eigenvalue weighted by atomic mass is 17.1. The normalized spacial score (nSPS) is 13.6. The molecule has 4 unspecified atom stereocenters. The molecule has 0 amide bonds. The van der Waals surface area contributed by atoms with Gasteiger partial charge in [-0.1, -0.05) is 69.7 Å². The lowest BCUT2D eigenvalue weighted by Gasteiger charge is -2.31. The van der Waals surface area contributed by atoms with Gasteiger partial charge in [0.15, 0.2) is 6.10 Å². The highest BCUT2D eigenvalue weighted by molar-refractivity contribution is 5.58. The number of benzene rings is 3. The van der Waals surface area contributed by atoms with Crippen molar-refractivity contribution in [3.05, 3.63) is 96.2 Å². The molecule has 4 atom stereocenters. The van der Waals surface area contributed by atoms with Crippen LogP contribution in [0.5, 0.6) is 5.75 Å². The minimum Gasteiger partial charge on any atom is -0.497 e. The number of likely N-dealkylation sites (N-methyl/N-ethyl adjacent to an activating group) is 1. The first-order valence-corrected chi connectivity index (χ1v) is 16.6. The van der Waals surface area contributed by atoms with Crippen LogP contribution in [0.2, 0.25) is 0 Å². The lowest BCUT2D eigenvalue weighted by Crippen LogP contribution is -2.47. The fourth-order valence-electron chi connectivity index (χ4n) is 4.85. The Balaban J connectivity index is 0.000000476. The summed E-state index contributed by atoms with van der Waals surface area (Å²) in [6.45, 7) is 8.07. The molecule has 3 rings (SSSR count). The van der Waals surface area contributed by atoms with Crippen LogP contribution in [0.4, 0.5) is 17.1 Å². The summed E-state index contributed by atoms with van der Waals surface area (Å²) >= 11 is 0. The number of hydrogen-bond donors (Lipinski definition) is 4. The summed E-state index contributed by atoms with van der Waals surface area (Å²) in [6, 6.07) is 25.4. The number of rotatable bonds is 20. The lowest BCUT2D eigenvalue weighted by atomic mass is 10.0. The summed E-state index contributed by atoms with van der Waals surface area (Å²) in [4.78, 5) is 19.7. The van der Waals surface area contributed by atoms with Gasteiger partial charge in [-0.05, 0) is 66.8 Å². The van der Waals surface area contributed by atoms with Gasteiger partial charge in [0.1, 0.15) is 18.5 Å². The highest BCUT2D eigenvalue weighted by Gasteiger charge is 2.26. The van der Waals surface area contributed by atoms with Crippen molar-refractivity contribution in [3.63, 3.8) is 0 Å². The molecule has 0 radical (unpaired) electrons. The van der Waals surface area contributed by atoms with E-state index in [2.05, 4.69) is 35.4 Å². The van der Waals surface area contributed by atoms with Gasteiger partial charge < -0.3 is 35.0 Å². The van der Waals surface area contributed by atoms with E-state index in [4.69, 9.17) is 14.7 Å². The van der Waals surface area contributed by atoms with Crippen molar-refractivity contribution in [2.75, 3.05) is 63.1 Å². The molecule has 3 aromatic carbocycles. The molecule has 0 heterocycles. The van der Waals surface area contributed by atoms with E-state index < -0.39 is 18.2 Å². The van der Waals surface area contributed by atoms with Gasteiger partial charge in [-0.2, -0.15) is 0 Å². The number of nitrogens with one attached hydrogen (secondary N) is 2. The van der Waals surface area contributed by atoms with Crippen LogP contribution in [0, 0.1) is 5.92 Å². The number of methoxy groups -OCH3 is 1. The summed E-state index contributed by atoms with van der Waals surface area (Å²) in [5, 5.41) is 26.3. The van der Waals surface area contributed by atoms with E-state index in [0.717, 1.165) is 40.8 Å². The van der Waals surface area contributed by atoms with Crippen molar-refractivity contribution in [1.29, 1.82) is 0 Å². The van der Waals surface area contributed by atoms with Crippen molar-refractivity contribution >= 4 is 23.5 Å². The van der Waals surface area contributed by atoms with Crippen LogP contribution in [0.1, 0.15) is 39.2 Å². The maximum atomic E-state index is 11.4. The van der Waals surface area contributed by atoms with E-state index in [1.165, 1.54) is 6.42 Å². The minimum atomic E-state index is -0.989. The highest BCUT2D eigenvalue weighted by Crippen LogP contribution is 2.22. The van der Waals surface area contributed by atoms with Crippen molar-refractivity contribution in [2.45, 2.75) is 58.3 Å². The third kappa shape index (κ3) is 14.3. The Morgan fingerprint density at radius 2 is 1.65 bits per heavy atom. The summed E-state index contributed by atoms with van der Waals surface area (Å²) in [5.74, 6) is 1.62. The van der Waals surface area contributed by atoms with Crippen LogP contribution in [0.3, 0.4) is 0 Å². The molecule has 10 heteroatoms. The number of carbonyl (C=O) groups is 1. The van der Waals surface area contributed by atoms with E-state index in [1.54, 1.807) is 7.11 Å². The quantitative estimate of drug-likeness (QED) is 0.0630. The third-order valence-electron chi connectivity index (χ3n) is 8.02. The molecule has 0 aliphatic heterocycles. The number of hydrogen-bond acceptors (Lipinski definition) is 10. The molecular formula is C38H56N4O6. The minimum absolute atomic E-state index is 0.250. The summed E-state index contributed by atoms with van der Waals surface area (Å²) in [5.41, 5.74) is 4.90. The average molecular weight is 665 g/mol. The summed E-state index contributed by atoms with van der Waals surface area (Å²) in [7, 11) is 7.59. The Bertz CT molecular complexity index is 1320. The van der Waals surface area contributed by atoms with Crippen LogP contribution in [-0.4, -0.2) is 83.0 Å². The molecule has 4 N–H and O–H groups in total. The summed E-state index contributed by atoms with van der Waals surface area (Å²) < 4.78 is 10.6. The Morgan fingerprint density at radius 3 is 2.23 bits per heavy atom. The van der Waals surface area contributed by atoms with Gasteiger partial charge in [0.2, 0.25) is 0 Å². The standard InChI is InChI=1S/C26H37N3O5.C12H19NO/c1-5-10-23(27-24(25(31)18-34-32)15-20-11-7-6-8-12-20)26(33-19-30)17-29(4)22-14-9-13-21(16-22)28(2)3;1-4-10(2)9-13-11-5-7-12(14-3)8-6-11/h6-14,16,19,24-27,31-32H,5,15,17-18H2,1-4H3;5-8,10,13H,4,9H2,1-3H3/b23-10+;. The molecule has 0 spiro atoms. The number of nitrogens with zero attached hydrogens (tertiary/aromatic N) is 2. The Labute approximate surface area is 287 Å². The topological polar surface area (TPSA) is 116 Å². The average Bonchev–Trinajstić information content (AvgIpc) is 3.10. The lowest BCUT2D eigenvalue weighted by molar-refractivity contribution is -0.258. The van der Waals surface area contributed by atoms with Crippen molar-refractivity contribution in [1.82, 2.24) is 5.32 Å². The van der Waals surface area contributed by atoms with Crippen molar-refractivity contribution < 1.29 is 29.5 Å². The van der Waals surface area contributed by atoms with Gasteiger partial charge in [0.05, 0.1) is 25.4 Å². The third-order valence-corrected chi connectivity index (χ3v) is 8.02. The molecule has 264 valence electrons. The number of anilines is 3. The second kappa shape index (κ2) is 22.3. The molecule has 0 saturated heterocycles. The summed E-state index contributed by atoms with van der Waals surface area (Å²) in [6.07, 6.45) is 2.76. The van der Waals surface area contributed by atoms with Crippen LogP contribution in [0.15, 0.2) is 90.6 Å². The van der Waals surface area contributed by atoms with Crippen LogP contribution in [0.25, 0.3) is 0 Å². The fourth-order valence-corrected chi connectivity index (χ4v) is 4.85. The smallest absolute Gasteiger partial charge is 0.293 e. The van der Waals surface area contributed by atoms with Gasteiger partial charge in [-0.25, -0.2) is 4.89 Å². The first kappa shape index (κ1) is 39.9. The fraction of sp³-hybridized carbons (Fsp3) is 0.447. The molecule has 0 fully saturated rings. The second-order valence-corrected chi connectivity index (χ2v) is 12.0. The monoisotopic (exact) mass is 664 g/mol. The van der Waals surface area contributed by atoms with Gasteiger partial charge in [0.25, 0.3) is 6.47 Å². The largest absolute Gasteiger partial charge is 0.497 e. The molecule has 0 aromatic heterocycles. The van der Waals surface area contributed by atoms with Gasteiger partial charge in [0, 0.05) is 44.7 Å². The zero-order valence-electron chi connectivity index (χ0n) is 29.6. The Morgan fingerprint density at radius 1 is 0.958 bits per heavy atom. The first-order valence-electron chi connectivity index (χ1n) is 16.6. The van der Waals surface area contributed by atoms with Crippen LogP contribution < -0.4 is 25.2 Å². The SMILES string of the molecule is CC/C=C(/NC(Cc1ccccc1)C(O)COO)C(CN(C)c1cccc(N(C)C)c1)OC=O.CCC(C)CNc1ccc(OC)cc1. The van der Waals surface area contributed by atoms with E-state index in [-0.39, 0.29) is 6.61 Å². The molecular weight excluding hydrogens is 608 g/mol. The Hall–Kier alpha value is -4.25. The molecule has 0 saturated carbocycles. The maximum Gasteiger partial charge on any atom is 0.293 e. The Kier molecular flexibility index (Phi) is 18.6. The predicted molar refractivity (Wildman–Crippen MR) is 196 cm³/mol. The van der Waals surface area contributed by atoms with Gasteiger partial charge >= 0.3 is 0 Å². The van der Waals surface area contributed by atoms with Crippen molar-refractivity contribution in [2.24, 2.45) is 5.92 Å². The second-order valence-electron chi connectivity index (χ2n) is 12.0. The zero-order valence-corrected chi connectivity index (χ0v) is 29.6. The zero-order chi connectivity index (χ0) is 35.3. The molecule has 3 aromatic rings. The van der Waals surface area contributed by atoms with Gasteiger partial charge in [-0.15, -0.1) is 0 Å². The number of allylic oxidation sites excluding steroid dienone is 1. The maximum absolute atomic E-state index is 11.4. The number of ether oxygens (including phenoxy) is 2. The van der Waals surface area contributed by atoms with E-state index in [9.17, 15) is 9.90 Å². The predicted octanol–water partition coefficient (Wildman–Crippen LogP) is 6.23. The van der Waals surface area contributed by atoms with E-state index >= 15 is 0 Å². The molecule has 0 aliphatic carbocycles. The van der Waals surface area contributed by atoms with E-state index in [1.807, 2.05) is 117 Å². The molecule has 0 aliphatic rings. The van der Waals surface area contributed by atoms with Crippen LogP contribution >= 0.6 is 0 Å².